The Bertz CT molecular complexity index is 866. The molecule has 1 aliphatic rings. The van der Waals surface area contributed by atoms with E-state index in [1.54, 1.807) is 30.4 Å². The molecule has 3 rings (SSSR count). The molecule has 0 aliphatic carbocycles. The van der Waals surface area contributed by atoms with Crippen molar-refractivity contribution in [1.29, 1.82) is 0 Å². The second kappa shape index (κ2) is 9.50. The van der Waals surface area contributed by atoms with Gasteiger partial charge < -0.3 is 4.74 Å². The van der Waals surface area contributed by atoms with Crippen molar-refractivity contribution in [2.75, 3.05) is 7.11 Å². The van der Waals surface area contributed by atoms with E-state index in [4.69, 9.17) is 4.74 Å². The summed E-state index contributed by atoms with van der Waals surface area (Å²) in [5, 5.41) is 8.86. The zero-order valence-electron chi connectivity index (χ0n) is 15.8. The number of carbonyl (C=O) groups excluding carboxylic acids is 1. The van der Waals surface area contributed by atoms with E-state index in [1.807, 2.05) is 24.3 Å². The van der Waals surface area contributed by atoms with E-state index in [9.17, 15) is 9.18 Å². The first kappa shape index (κ1) is 20.1. The van der Waals surface area contributed by atoms with Crippen LogP contribution in [0.1, 0.15) is 30.9 Å². The fourth-order valence-electron chi connectivity index (χ4n) is 2.78. The zero-order chi connectivity index (χ0) is 19.9. The minimum absolute atomic E-state index is 0.0228. The van der Waals surface area contributed by atoms with Crippen LogP contribution in [0.2, 0.25) is 0 Å². The molecule has 1 amide bonds. The average molecular weight is 399 g/mol. The first-order valence-corrected chi connectivity index (χ1v) is 9.96. The van der Waals surface area contributed by atoms with Gasteiger partial charge in [-0.05, 0) is 53.9 Å². The molecule has 1 heterocycles. The van der Waals surface area contributed by atoms with Crippen LogP contribution in [0, 0.1) is 5.82 Å². The van der Waals surface area contributed by atoms with Crippen molar-refractivity contribution in [2.45, 2.75) is 31.6 Å². The Hall–Kier alpha value is -2.67. The van der Waals surface area contributed by atoms with Gasteiger partial charge in [0.15, 0.2) is 5.17 Å². The normalized spacial score (nSPS) is 18.4. The van der Waals surface area contributed by atoms with E-state index in [0.717, 1.165) is 29.7 Å². The summed E-state index contributed by atoms with van der Waals surface area (Å²) in [7, 11) is 1.62. The van der Waals surface area contributed by atoms with Crippen LogP contribution in [-0.4, -0.2) is 34.5 Å². The molecule has 28 heavy (non-hydrogen) atoms. The van der Waals surface area contributed by atoms with E-state index < -0.39 is 0 Å². The molecule has 0 spiro atoms. The highest BCUT2D eigenvalue weighted by Crippen LogP contribution is 2.31. The maximum absolute atomic E-state index is 13.2. The zero-order valence-corrected chi connectivity index (χ0v) is 16.7. The monoisotopic (exact) mass is 399 g/mol. The molecule has 2 aromatic rings. The molecule has 1 aliphatic heterocycles. The molecule has 0 bridgehead atoms. The number of methoxy groups -OCH3 is 1. The summed E-state index contributed by atoms with van der Waals surface area (Å²) in [5.74, 6) is 0.496. The first-order chi connectivity index (χ1) is 13.6. The summed E-state index contributed by atoms with van der Waals surface area (Å²) < 4.78 is 18.3. The molecule has 146 valence electrons. The minimum Gasteiger partial charge on any atom is -0.497 e. The molecule has 2 aromatic carbocycles. The molecule has 1 fully saturated rings. The Morgan fingerprint density at radius 3 is 2.54 bits per heavy atom. The lowest BCUT2D eigenvalue weighted by atomic mass is 10.2. The minimum atomic E-state index is -0.298. The number of rotatable bonds is 7. The van der Waals surface area contributed by atoms with Gasteiger partial charge in [0.25, 0.3) is 0 Å². The summed E-state index contributed by atoms with van der Waals surface area (Å²) in [5.41, 5.74) is 1.73. The van der Waals surface area contributed by atoms with Gasteiger partial charge >= 0.3 is 0 Å². The number of thioether (sulfide) groups is 1. The van der Waals surface area contributed by atoms with Crippen LogP contribution in [0.4, 0.5) is 4.39 Å². The molecule has 0 radical (unpaired) electrons. The molecule has 1 atom stereocenters. The van der Waals surface area contributed by atoms with Crippen molar-refractivity contribution in [1.82, 2.24) is 4.90 Å². The quantitative estimate of drug-likeness (QED) is 0.510. The molecule has 5 nitrogen and oxygen atoms in total. The lowest BCUT2D eigenvalue weighted by molar-refractivity contribution is -0.126. The van der Waals surface area contributed by atoms with Crippen molar-refractivity contribution in [3.63, 3.8) is 0 Å². The molecule has 1 saturated heterocycles. The van der Waals surface area contributed by atoms with Gasteiger partial charge in [-0.15, -0.1) is 5.10 Å². The van der Waals surface area contributed by atoms with Crippen LogP contribution in [0.3, 0.4) is 0 Å². The number of carbonyl (C=O) groups is 1. The number of amides is 1. The van der Waals surface area contributed by atoms with E-state index in [-0.39, 0.29) is 17.0 Å². The number of benzene rings is 2. The van der Waals surface area contributed by atoms with Gasteiger partial charge in [0, 0.05) is 0 Å². The second-order valence-electron chi connectivity index (χ2n) is 6.35. The molecule has 0 aromatic heterocycles. The Morgan fingerprint density at radius 2 is 1.89 bits per heavy atom. The summed E-state index contributed by atoms with van der Waals surface area (Å²) >= 11 is 1.43. The molecular formula is C21H22FN3O2S. The molecule has 0 saturated carbocycles. The SMILES string of the molecule is CCCC1S/C(=N/N=C/c2ccc(OC)cc2)N(Cc2ccc(F)cc2)C1=O. The Morgan fingerprint density at radius 1 is 1.18 bits per heavy atom. The number of nitrogens with zero attached hydrogens (tertiary/aromatic N) is 3. The Labute approximate surface area is 168 Å². The maximum atomic E-state index is 13.2. The van der Waals surface area contributed by atoms with Crippen molar-refractivity contribution < 1.29 is 13.9 Å². The molecule has 7 heteroatoms. The second-order valence-corrected chi connectivity index (χ2v) is 7.52. The molecular weight excluding hydrogens is 377 g/mol. The molecule has 0 N–H and O–H groups in total. The van der Waals surface area contributed by atoms with Gasteiger partial charge in [-0.1, -0.05) is 37.2 Å². The van der Waals surface area contributed by atoms with Gasteiger partial charge in [-0.3, -0.25) is 9.69 Å². The fraction of sp³-hybridized carbons (Fsp3) is 0.286. The van der Waals surface area contributed by atoms with Crippen molar-refractivity contribution in [3.05, 3.63) is 65.5 Å². The average Bonchev–Trinajstić information content (AvgIpc) is 2.99. The summed E-state index contributed by atoms with van der Waals surface area (Å²) in [6.45, 7) is 2.40. The van der Waals surface area contributed by atoms with Crippen LogP contribution >= 0.6 is 11.8 Å². The van der Waals surface area contributed by atoms with E-state index >= 15 is 0 Å². The highest BCUT2D eigenvalue weighted by molar-refractivity contribution is 8.15. The van der Waals surface area contributed by atoms with Crippen LogP contribution in [0.15, 0.2) is 58.7 Å². The standard InChI is InChI=1S/C21H22FN3O2S/c1-3-4-19-20(26)25(14-16-5-9-17(22)10-6-16)21(28-19)24-23-13-15-7-11-18(27-2)12-8-15/h5-13,19H,3-4,14H2,1-2H3/b23-13+,24-21+. The van der Waals surface area contributed by atoms with Crippen molar-refractivity contribution >= 4 is 29.1 Å². The lowest BCUT2D eigenvalue weighted by Gasteiger charge is -2.15. The number of hydrogen-bond donors (Lipinski definition) is 0. The number of hydrogen-bond acceptors (Lipinski definition) is 5. The Balaban J connectivity index is 1.77. The smallest absolute Gasteiger partial charge is 0.242 e. The summed E-state index contributed by atoms with van der Waals surface area (Å²) in [6.07, 6.45) is 3.33. The van der Waals surface area contributed by atoms with Crippen LogP contribution in [-0.2, 0) is 11.3 Å². The number of ether oxygens (including phenoxy) is 1. The third-order valence-corrected chi connectivity index (χ3v) is 5.53. The van der Waals surface area contributed by atoms with E-state index in [2.05, 4.69) is 17.1 Å². The third kappa shape index (κ3) is 4.98. The number of amidine groups is 1. The highest BCUT2D eigenvalue weighted by Gasteiger charge is 2.37. The van der Waals surface area contributed by atoms with Crippen LogP contribution in [0.5, 0.6) is 5.75 Å². The van der Waals surface area contributed by atoms with Crippen LogP contribution < -0.4 is 4.74 Å². The topological polar surface area (TPSA) is 54.3 Å². The van der Waals surface area contributed by atoms with Gasteiger partial charge in [0.1, 0.15) is 11.6 Å². The third-order valence-electron chi connectivity index (χ3n) is 4.29. The Kier molecular flexibility index (Phi) is 6.81. The van der Waals surface area contributed by atoms with Gasteiger partial charge in [-0.2, -0.15) is 5.10 Å². The summed E-state index contributed by atoms with van der Waals surface area (Å²) in [4.78, 5) is 14.4. The van der Waals surface area contributed by atoms with Crippen molar-refractivity contribution in [2.24, 2.45) is 10.2 Å². The van der Waals surface area contributed by atoms with E-state index in [0.29, 0.717) is 11.7 Å². The predicted octanol–water partition coefficient (Wildman–Crippen LogP) is 4.47. The van der Waals surface area contributed by atoms with Crippen molar-refractivity contribution in [3.8, 4) is 5.75 Å². The first-order valence-electron chi connectivity index (χ1n) is 9.08. The maximum Gasteiger partial charge on any atom is 0.242 e. The van der Waals surface area contributed by atoms with Gasteiger partial charge in [-0.25, -0.2) is 4.39 Å². The van der Waals surface area contributed by atoms with Gasteiger partial charge in [0.05, 0.1) is 25.1 Å². The number of halogens is 1. The van der Waals surface area contributed by atoms with E-state index in [1.165, 1.54) is 23.9 Å². The highest BCUT2D eigenvalue weighted by atomic mass is 32.2. The van der Waals surface area contributed by atoms with Crippen LogP contribution in [0.25, 0.3) is 0 Å². The fourth-order valence-corrected chi connectivity index (χ4v) is 4.00. The largest absolute Gasteiger partial charge is 0.497 e. The van der Waals surface area contributed by atoms with Gasteiger partial charge in [0.2, 0.25) is 5.91 Å². The summed E-state index contributed by atoms with van der Waals surface area (Å²) in [6, 6.07) is 13.6. The predicted molar refractivity (Wildman–Crippen MR) is 111 cm³/mol. The lowest BCUT2D eigenvalue weighted by Crippen LogP contribution is -2.31. The molecule has 1 unspecified atom stereocenters.